The highest BCUT2D eigenvalue weighted by Crippen LogP contribution is 2.35. The van der Waals surface area contributed by atoms with Gasteiger partial charge in [0.05, 0.1) is 22.4 Å². The van der Waals surface area contributed by atoms with Gasteiger partial charge in [-0.2, -0.15) is 4.31 Å². The Balaban J connectivity index is 1.03. The molecular weight excluding hydrogens is 835 g/mol. The number of nitrogens with zero attached hydrogens (tertiary/aromatic N) is 3. The van der Waals surface area contributed by atoms with Gasteiger partial charge in [-0.1, -0.05) is 44.2 Å². The number of alkyl carbamates (subject to hydrolysis) is 1. The predicted molar refractivity (Wildman–Crippen MR) is 234 cm³/mol. The van der Waals surface area contributed by atoms with Crippen molar-refractivity contribution in [1.82, 2.24) is 14.5 Å². The molecule has 3 atom stereocenters. The number of sulfonamides is 1. The number of aliphatic hydroxyl groups excluding tert-OH is 1. The Kier molecular flexibility index (Phi) is 15.6. The quantitative estimate of drug-likeness (QED) is 0.106. The van der Waals surface area contributed by atoms with E-state index in [2.05, 4.69) is 15.6 Å². The van der Waals surface area contributed by atoms with Gasteiger partial charge in [-0.3, -0.25) is 9.59 Å². The second-order valence-corrected chi connectivity index (χ2v) is 17.7. The maximum Gasteiger partial charge on any atom is 0.407 e. The Labute approximate surface area is 366 Å². The molecule has 63 heavy (non-hydrogen) atoms. The van der Waals surface area contributed by atoms with Crippen LogP contribution in [-0.2, 0) is 40.5 Å². The first kappa shape index (κ1) is 46.6. The molecule has 3 aliphatic heterocycles. The number of fused-ring (bicyclic) bond motifs is 1. The van der Waals surface area contributed by atoms with Crippen molar-refractivity contribution >= 4 is 57.2 Å². The number of hydrogen-bond acceptors (Lipinski definition) is 13. The number of aliphatic carboxylic acids is 1. The number of hydrogen-bond donors (Lipinski definition) is 6. The maximum absolute atomic E-state index is 13.7. The van der Waals surface area contributed by atoms with E-state index in [9.17, 15) is 37.8 Å². The molecule has 3 aliphatic rings. The summed E-state index contributed by atoms with van der Waals surface area (Å²) in [7, 11) is -3.86. The summed E-state index contributed by atoms with van der Waals surface area (Å²) in [4.78, 5) is 56.5. The lowest BCUT2D eigenvalue weighted by atomic mass is 10.0. The summed E-state index contributed by atoms with van der Waals surface area (Å²) in [6, 6.07) is 16.8. The molecule has 18 nitrogen and oxygen atoms in total. The molecule has 3 amide bonds. The number of nitrogens with one attached hydrogen (secondary N) is 2. The molecule has 3 aromatic rings. The third-order valence-corrected chi connectivity index (χ3v) is 12.5. The van der Waals surface area contributed by atoms with Crippen LogP contribution in [0.5, 0.6) is 5.75 Å². The molecule has 6 rings (SSSR count). The maximum atomic E-state index is 13.7. The third kappa shape index (κ3) is 12.0. The number of rotatable bonds is 18. The van der Waals surface area contributed by atoms with Crippen LogP contribution in [-0.4, -0.2) is 115 Å². The van der Waals surface area contributed by atoms with Crippen molar-refractivity contribution in [1.29, 1.82) is 0 Å². The van der Waals surface area contributed by atoms with Crippen LogP contribution in [0.15, 0.2) is 76.1 Å². The van der Waals surface area contributed by atoms with Crippen molar-refractivity contribution in [3.05, 3.63) is 77.4 Å². The van der Waals surface area contributed by atoms with Gasteiger partial charge in [-0.15, -0.1) is 0 Å². The Morgan fingerprint density at radius 3 is 2.46 bits per heavy atom. The van der Waals surface area contributed by atoms with Crippen LogP contribution in [0.3, 0.4) is 0 Å². The highest BCUT2D eigenvalue weighted by atomic mass is 32.2. The first-order valence-electron chi connectivity index (χ1n) is 21.0. The molecule has 2 fully saturated rings. The highest BCUT2D eigenvalue weighted by molar-refractivity contribution is 7.89. The van der Waals surface area contributed by atoms with Gasteiger partial charge in [0.15, 0.2) is 6.10 Å². The van der Waals surface area contributed by atoms with Crippen molar-refractivity contribution in [2.24, 2.45) is 22.4 Å². The SMILES string of the molecule is CCCN(CCC)C(=O)C1=Cc2ccc(-c3cccc(S(=O)(=O)N4CC(CNC(=O)OCc5ccc(O[C@H]6C[C@@H](O)C[C@@H](C(=O)O)O6)c(NC(=O)CCN)c5)C4)c3)cc2N=C(N)C1. The number of aliphatic hydroxyl groups is 1. The fraction of sp³-hybridized carbons (Fsp3) is 0.432. The van der Waals surface area contributed by atoms with Gasteiger partial charge in [-0.05, 0) is 65.9 Å². The van der Waals surface area contributed by atoms with Crippen molar-refractivity contribution < 1.29 is 52.0 Å². The monoisotopic (exact) mass is 889 g/mol. The van der Waals surface area contributed by atoms with E-state index in [1.54, 1.807) is 18.2 Å². The van der Waals surface area contributed by atoms with Crippen molar-refractivity contribution in [2.75, 3.05) is 44.6 Å². The number of nitrogens with two attached hydrogens (primary N) is 2. The number of aliphatic imine (C=N–C) groups is 1. The molecule has 0 spiro atoms. The Hall–Kier alpha value is -5.86. The van der Waals surface area contributed by atoms with Crippen LogP contribution in [0.4, 0.5) is 16.2 Å². The molecule has 3 heterocycles. The largest absolute Gasteiger partial charge is 0.479 e. The summed E-state index contributed by atoms with van der Waals surface area (Å²) in [5.74, 6) is -1.41. The fourth-order valence-corrected chi connectivity index (χ4v) is 9.11. The van der Waals surface area contributed by atoms with E-state index >= 15 is 0 Å². The van der Waals surface area contributed by atoms with Crippen LogP contribution in [0.1, 0.15) is 63.5 Å². The number of carboxylic acids is 1. The van der Waals surface area contributed by atoms with Gasteiger partial charge in [0.25, 0.3) is 0 Å². The second-order valence-electron chi connectivity index (χ2n) is 15.7. The number of carbonyl (C=O) groups is 4. The summed E-state index contributed by atoms with van der Waals surface area (Å²) in [6.45, 7) is 5.81. The van der Waals surface area contributed by atoms with E-state index in [1.807, 2.05) is 49.1 Å². The van der Waals surface area contributed by atoms with Gasteiger partial charge in [0, 0.05) is 82.0 Å². The van der Waals surface area contributed by atoms with E-state index < -0.39 is 46.5 Å². The number of ether oxygens (including phenoxy) is 3. The molecule has 0 saturated carbocycles. The lowest BCUT2D eigenvalue weighted by Gasteiger charge is -2.38. The zero-order chi connectivity index (χ0) is 45.3. The standard InChI is InChI=1S/C44H55N7O11S/c1-3-14-50(15-4-2)42(54)32-17-31-10-9-30(19-35(31)48-39(46)20-32)29-6-5-7-34(18-29)63(58,59)51-24-28(25-51)23-47-44(57)60-26-27-8-11-37(36(16-27)49-40(53)12-13-45)61-41-22-33(52)21-38(62-41)43(55)56/h5-11,16-19,28,33,38,41,52H,3-4,12-15,20-26,45H2,1-2H3,(H2,46,48)(H,47,57)(H,49,53)(H,55,56)/t33-,38-,41+/m0/s1. The average molecular weight is 890 g/mol. The van der Waals surface area contributed by atoms with Gasteiger partial charge in [0.2, 0.25) is 28.1 Å². The Morgan fingerprint density at radius 1 is 1.00 bits per heavy atom. The summed E-state index contributed by atoms with van der Waals surface area (Å²) in [6.07, 6.45) is -0.384. The average Bonchev–Trinajstić information content (AvgIpc) is 3.40. The molecule has 0 unspecified atom stereocenters. The zero-order valence-electron chi connectivity index (χ0n) is 35.3. The van der Waals surface area contributed by atoms with Gasteiger partial charge >= 0.3 is 12.1 Å². The lowest BCUT2D eigenvalue weighted by molar-refractivity contribution is -0.195. The fourth-order valence-electron chi connectivity index (χ4n) is 7.47. The van der Waals surface area contributed by atoms with E-state index in [4.69, 9.17) is 25.7 Å². The first-order chi connectivity index (χ1) is 30.2. The zero-order valence-corrected chi connectivity index (χ0v) is 36.1. The minimum absolute atomic E-state index is 0.00840. The smallest absolute Gasteiger partial charge is 0.407 e. The van der Waals surface area contributed by atoms with Crippen molar-refractivity contribution in [3.8, 4) is 16.9 Å². The number of amidine groups is 1. The lowest BCUT2D eigenvalue weighted by Crippen LogP contribution is -2.53. The number of carboxylic acid groups (broad SMARTS) is 1. The van der Waals surface area contributed by atoms with Gasteiger partial charge < -0.3 is 51.4 Å². The molecule has 3 aromatic carbocycles. The molecule has 338 valence electrons. The number of amides is 3. The molecular formula is C44H55N7O11S. The van der Waals surface area contributed by atoms with Crippen molar-refractivity contribution in [2.45, 2.75) is 82.4 Å². The number of anilines is 1. The van der Waals surface area contributed by atoms with Crippen LogP contribution >= 0.6 is 0 Å². The number of carbonyl (C=O) groups excluding carboxylic acids is 3. The molecule has 2 saturated heterocycles. The van der Waals surface area contributed by atoms with E-state index in [0.29, 0.717) is 41.3 Å². The predicted octanol–water partition coefficient (Wildman–Crippen LogP) is 3.94. The van der Waals surface area contributed by atoms with Crippen LogP contribution in [0, 0.1) is 5.92 Å². The third-order valence-electron chi connectivity index (χ3n) is 10.7. The van der Waals surface area contributed by atoms with E-state index in [-0.39, 0.29) is 86.6 Å². The summed E-state index contributed by atoms with van der Waals surface area (Å²) in [5, 5.41) is 24.9. The molecule has 8 N–H and O–H groups in total. The molecule has 0 aliphatic carbocycles. The van der Waals surface area contributed by atoms with Gasteiger partial charge in [0.1, 0.15) is 18.2 Å². The summed E-state index contributed by atoms with van der Waals surface area (Å²) in [5.41, 5.74) is 15.8. The first-order valence-corrected chi connectivity index (χ1v) is 22.4. The van der Waals surface area contributed by atoms with Gasteiger partial charge in [-0.25, -0.2) is 23.0 Å². The highest BCUT2D eigenvalue weighted by Gasteiger charge is 2.37. The second kappa shape index (κ2) is 21.0. The van der Waals surface area contributed by atoms with Crippen molar-refractivity contribution in [3.63, 3.8) is 0 Å². The summed E-state index contributed by atoms with van der Waals surface area (Å²) >= 11 is 0. The van der Waals surface area contributed by atoms with Crippen LogP contribution in [0.2, 0.25) is 0 Å². The summed E-state index contributed by atoms with van der Waals surface area (Å²) < 4.78 is 45.4. The minimum Gasteiger partial charge on any atom is -0.479 e. The molecule has 0 radical (unpaired) electrons. The van der Waals surface area contributed by atoms with E-state index in [0.717, 1.165) is 24.0 Å². The topological polar surface area (TPSA) is 266 Å². The number of benzene rings is 3. The Bertz CT molecular complexity index is 2340. The van der Waals surface area contributed by atoms with E-state index in [1.165, 1.54) is 22.5 Å². The Morgan fingerprint density at radius 2 is 1.75 bits per heavy atom. The van der Waals surface area contributed by atoms with Crippen LogP contribution < -0.4 is 26.8 Å². The van der Waals surface area contributed by atoms with Crippen LogP contribution in [0.25, 0.3) is 17.2 Å². The molecule has 0 aromatic heterocycles. The minimum atomic E-state index is -3.86. The normalized spacial score (nSPS) is 19.0. The molecule has 19 heteroatoms. The molecule has 0 bridgehead atoms.